The molecule has 0 saturated heterocycles. The van der Waals surface area contributed by atoms with E-state index in [9.17, 15) is 9.59 Å². The van der Waals surface area contributed by atoms with Crippen molar-refractivity contribution < 1.29 is 14.3 Å². The number of nitrogens with zero attached hydrogens (tertiary/aromatic N) is 5. The molecular weight excluding hydrogens is 450 g/mol. The number of benzene rings is 1. The minimum Gasteiger partial charge on any atom is -0.497 e. The van der Waals surface area contributed by atoms with Crippen molar-refractivity contribution in [3.05, 3.63) is 63.4 Å². The second kappa shape index (κ2) is 9.58. The SMILES string of the molecule is COc1cccc(CC(=O)N2CCc3c(c(C(=O)N(C)Cc4cscn4)nn3CC3CC3)C2)c1. The number of carbonyl (C=O) groups is 2. The molecule has 2 amide bonds. The first-order chi connectivity index (χ1) is 16.5. The van der Waals surface area contributed by atoms with Gasteiger partial charge in [0.1, 0.15) is 5.75 Å². The lowest BCUT2D eigenvalue weighted by Gasteiger charge is -2.28. The molecule has 0 N–H and O–H groups in total. The molecule has 9 heteroatoms. The van der Waals surface area contributed by atoms with E-state index in [1.165, 1.54) is 24.2 Å². The Balaban J connectivity index is 1.36. The van der Waals surface area contributed by atoms with Gasteiger partial charge < -0.3 is 14.5 Å². The van der Waals surface area contributed by atoms with Crippen LogP contribution in [0.5, 0.6) is 5.75 Å². The van der Waals surface area contributed by atoms with E-state index in [0.717, 1.165) is 34.8 Å². The van der Waals surface area contributed by atoms with Crippen LogP contribution in [0.1, 0.15) is 45.8 Å². The first-order valence-corrected chi connectivity index (χ1v) is 12.6. The number of methoxy groups -OCH3 is 1. The third kappa shape index (κ3) is 4.84. The van der Waals surface area contributed by atoms with Gasteiger partial charge >= 0.3 is 0 Å². The maximum Gasteiger partial charge on any atom is 0.274 e. The highest BCUT2D eigenvalue weighted by molar-refractivity contribution is 7.07. The van der Waals surface area contributed by atoms with Gasteiger partial charge in [0.05, 0.1) is 31.3 Å². The second-order valence-electron chi connectivity index (χ2n) is 9.13. The summed E-state index contributed by atoms with van der Waals surface area (Å²) in [4.78, 5) is 34.4. The highest BCUT2D eigenvalue weighted by atomic mass is 32.1. The number of rotatable bonds is 8. The topological polar surface area (TPSA) is 80.6 Å². The molecule has 0 spiro atoms. The van der Waals surface area contributed by atoms with Crippen molar-refractivity contribution in [2.45, 2.75) is 45.3 Å². The highest BCUT2D eigenvalue weighted by Crippen LogP contribution is 2.33. The quantitative estimate of drug-likeness (QED) is 0.496. The van der Waals surface area contributed by atoms with Crippen LogP contribution in [0, 0.1) is 5.92 Å². The van der Waals surface area contributed by atoms with Crippen molar-refractivity contribution in [1.29, 1.82) is 0 Å². The fraction of sp³-hybridized carbons (Fsp3) is 0.440. The van der Waals surface area contributed by atoms with Crippen LogP contribution < -0.4 is 4.74 Å². The van der Waals surface area contributed by atoms with Crippen LogP contribution >= 0.6 is 11.3 Å². The standard InChI is InChI=1S/C25H29N5O3S/c1-28(13-19-15-34-16-26-19)25(32)24-21-14-29(9-8-22(21)30(27-24)12-17-6-7-17)23(31)11-18-4-3-5-20(10-18)33-2/h3-5,10,15-17H,6-9,11-14H2,1-2H3. The molecule has 0 atom stereocenters. The number of thiazole rings is 1. The number of amides is 2. The van der Waals surface area contributed by atoms with Crippen LogP contribution in [0.4, 0.5) is 0 Å². The molecule has 1 saturated carbocycles. The van der Waals surface area contributed by atoms with Crippen molar-refractivity contribution >= 4 is 23.2 Å². The zero-order valence-corrected chi connectivity index (χ0v) is 20.4. The smallest absolute Gasteiger partial charge is 0.274 e. The molecule has 1 aliphatic carbocycles. The second-order valence-corrected chi connectivity index (χ2v) is 9.85. The van der Waals surface area contributed by atoms with Gasteiger partial charge in [-0.2, -0.15) is 5.10 Å². The Morgan fingerprint density at radius 2 is 2.15 bits per heavy atom. The fourth-order valence-corrected chi connectivity index (χ4v) is 5.00. The summed E-state index contributed by atoms with van der Waals surface area (Å²) in [6.07, 6.45) is 3.44. The first-order valence-electron chi connectivity index (χ1n) is 11.6. The summed E-state index contributed by atoms with van der Waals surface area (Å²) in [5, 5.41) is 6.72. The van der Waals surface area contributed by atoms with Crippen LogP contribution in [0.15, 0.2) is 35.2 Å². The minimum atomic E-state index is -0.124. The molecular formula is C25H29N5O3S. The van der Waals surface area contributed by atoms with Gasteiger partial charge in [0.25, 0.3) is 5.91 Å². The van der Waals surface area contributed by atoms with Gasteiger partial charge in [-0.05, 0) is 36.5 Å². The molecule has 1 aromatic carbocycles. The number of carbonyl (C=O) groups excluding carboxylic acids is 2. The first kappa shape index (κ1) is 22.6. The molecule has 3 aromatic rings. The lowest BCUT2D eigenvalue weighted by molar-refractivity contribution is -0.131. The van der Waals surface area contributed by atoms with Gasteiger partial charge in [-0.25, -0.2) is 4.98 Å². The van der Waals surface area contributed by atoms with Crippen LogP contribution in [0.2, 0.25) is 0 Å². The normalized spacial score (nSPS) is 15.2. The van der Waals surface area contributed by atoms with Crippen LogP contribution in [-0.2, 0) is 37.3 Å². The third-order valence-electron chi connectivity index (χ3n) is 6.54. The lowest BCUT2D eigenvalue weighted by atomic mass is 10.0. The third-order valence-corrected chi connectivity index (χ3v) is 7.17. The summed E-state index contributed by atoms with van der Waals surface area (Å²) >= 11 is 1.52. The molecule has 1 aliphatic heterocycles. The van der Waals surface area contributed by atoms with Gasteiger partial charge in [0, 0.05) is 49.7 Å². The van der Waals surface area contributed by atoms with Gasteiger partial charge in [-0.1, -0.05) is 12.1 Å². The predicted octanol–water partition coefficient (Wildman–Crippen LogP) is 3.16. The van der Waals surface area contributed by atoms with E-state index in [4.69, 9.17) is 9.84 Å². The largest absolute Gasteiger partial charge is 0.497 e. The van der Waals surface area contributed by atoms with Gasteiger partial charge in [0.15, 0.2) is 5.69 Å². The summed E-state index contributed by atoms with van der Waals surface area (Å²) < 4.78 is 7.32. The van der Waals surface area contributed by atoms with Crippen molar-refractivity contribution in [2.75, 3.05) is 20.7 Å². The zero-order valence-electron chi connectivity index (χ0n) is 19.6. The molecule has 3 heterocycles. The number of fused-ring (bicyclic) bond motifs is 1. The molecule has 178 valence electrons. The van der Waals surface area contributed by atoms with E-state index in [2.05, 4.69) is 4.98 Å². The van der Waals surface area contributed by atoms with Gasteiger partial charge in [0.2, 0.25) is 5.91 Å². The molecule has 0 unspecified atom stereocenters. The number of hydrogen-bond acceptors (Lipinski definition) is 6. The summed E-state index contributed by atoms with van der Waals surface area (Å²) in [5.74, 6) is 1.31. The van der Waals surface area contributed by atoms with E-state index in [1.54, 1.807) is 24.6 Å². The van der Waals surface area contributed by atoms with E-state index in [-0.39, 0.29) is 11.8 Å². The summed E-state index contributed by atoms with van der Waals surface area (Å²) in [6.45, 7) is 2.33. The van der Waals surface area contributed by atoms with Crippen molar-refractivity contribution in [3.8, 4) is 5.75 Å². The average molecular weight is 480 g/mol. The number of hydrogen-bond donors (Lipinski definition) is 0. The van der Waals surface area contributed by atoms with E-state index < -0.39 is 0 Å². The maximum atomic E-state index is 13.4. The summed E-state index contributed by atoms with van der Waals surface area (Å²) in [5.41, 5.74) is 6.00. The molecule has 1 fully saturated rings. The Morgan fingerprint density at radius 3 is 2.88 bits per heavy atom. The molecule has 2 aliphatic rings. The average Bonchev–Trinajstić information content (AvgIpc) is 3.38. The Morgan fingerprint density at radius 1 is 1.29 bits per heavy atom. The molecule has 0 radical (unpaired) electrons. The zero-order chi connectivity index (χ0) is 23.7. The Bertz CT molecular complexity index is 1190. The Kier molecular flexibility index (Phi) is 6.36. The molecule has 2 aromatic heterocycles. The van der Waals surface area contributed by atoms with Crippen LogP contribution in [0.3, 0.4) is 0 Å². The van der Waals surface area contributed by atoms with Crippen molar-refractivity contribution in [3.63, 3.8) is 0 Å². The van der Waals surface area contributed by atoms with Gasteiger partial charge in [-0.3, -0.25) is 14.3 Å². The molecule has 5 rings (SSSR count). The summed E-state index contributed by atoms with van der Waals surface area (Å²) in [6, 6.07) is 7.59. The van der Waals surface area contributed by atoms with Crippen LogP contribution in [-0.4, -0.2) is 57.1 Å². The lowest BCUT2D eigenvalue weighted by Crippen LogP contribution is -2.38. The molecule has 34 heavy (non-hydrogen) atoms. The Labute approximate surface area is 203 Å². The van der Waals surface area contributed by atoms with Crippen LogP contribution in [0.25, 0.3) is 0 Å². The Hall–Kier alpha value is -3.20. The monoisotopic (exact) mass is 479 g/mol. The molecule has 8 nitrogen and oxygen atoms in total. The number of ether oxygens (including phenoxy) is 1. The van der Waals surface area contributed by atoms with Crippen molar-refractivity contribution in [1.82, 2.24) is 24.6 Å². The highest BCUT2D eigenvalue weighted by Gasteiger charge is 2.33. The minimum absolute atomic E-state index is 0.0445. The predicted molar refractivity (Wildman–Crippen MR) is 129 cm³/mol. The van der Waals surface area contributed by atoms with Crippen molar-refractivity contribution in [2.24, 2.45) is 5.92 Å². The number of aromatic nitrogens is 3. The van der Waals surface area contributed by atoms with Gasteiger partial charge in [-0.15, -0.1) is 11.3 Å². The summed E-state index contributed by atoms with van der Waals surface area (Å²) in [7, 11) is 3.40. The fourth-order valence-electron chi connectivity index (χ4n) is 4.45. The van der Waals surface area contributed by atoms with E-state index in [0.29, 0.717) is 44.1 Å². The van der Waals surface area contributed by atoms with E-state index in [1.807, 2.05) is 39.2 Å². The molecule has 0 bridgehead atoms. The maximum absolute atomic E-state index is 13.4. The van der Waals surface area contributed by atoms with E-state index >= 15 is 0 Å².